The van der Waals surface area contributed by atoms with E-state index in [1.54, 1.807) is 13.0 Å². The summed E-state index contributed by atoms with van der Waals surface area (Å²) in [5.41, 5.74) is -6.46. The number of rotatable bonds is 2. The summed E-state index contributed by atoms with van der Waals surface area (Å²) in [4.78, 5) is 24.9. The number of epoxide rings is 1. The standard InChI is InChI=1S/C22H30O8/c1-9-6-12-21(27)10(2)7-20(29-11(3)24)14(18(20,4)5)13(21)16-19(8-23,30-16)17(26)22(12,28)15(9)25/h6,10,12-14,16-17,23,26-28H,7-8H2,1-5H3. The van der Waals surface area contributed by atoms with Crippen LogP contribution in [-0.4, -0.2) is 73.4 Å². The second-order valence-electron chi connectivity index (χ2n) is 10.7. The predicted octanol–water partition coefficient (Wildman–Crippen LogP) is -0.288. The second kappa shape index (κ2) is 5.35. The maximum absolute atomic E-state index is 13.0. The van der Waals surface area contributed by atoms with Crippen molar-refractivity contribution >= 4 is 11.8 Å². The fourth-order valence-electron chi connectivity index (χ4n) is 7.70. The number of ketones is 1. The lowest BCUT2D eigenvalue weighted by Crippen LogP contribution is -2.65. The van der Waals surface area contributed by atoms with Gasteiger partial charge in [0.15, 0.2) is 11.4 Å². The van der Waals surface area contributed by atoms with E-state index in [-0.39, 0.29) is 11.5 Å². The van der Waals surface area contributed by atoms with Crippen molar-refractivity contribution in [1.82, 2.24) is 0 Å². The summed E-state index contributed by atoms with van der Waals surface area (Å²) in [5.74, 6) is -3.56. The lowest BCUT2D eigenvalue weighted by molar-refractivity contribution is -0.214. The van der Waals surface area contributed by atoms with Crippen LogP contribution < -0.4 is 0 Å². The molecule has 3 saturated carbocycles. The molecule has 0 aromatic carbocycles. The summed E-state index contributed by atoms with van der Waals surface area (Å²) in [5, 5.41) is 45.1. The molecule has 0 aromatic rings. The van der Waals surface area contributed by atoms with Gasteiger partial charge in [-0.2, -0.15) is 0 Å². The molecular weight excluding hydrogens is 392 g/mol. The first-order valence-corrected chi connectivity index (χ1v) is 10.6. The Kier molecular flexibility index (Phi) is 3.67. The van der Waals surface area contributed by atoms with Crippen molar-refractivity contribution in [2.45, 2.75) is 75.7 Å². The smallest absolute Gasteiger partial charge is 0.303 e. The summed E-state index contributed by atoms with van der Waals surface area (Å²) < 4.78 is 11.7. The van der Waals surface area contributed by atoms with Crippen molar-refractivity contribution in [3.63, 3.8) is 0 Å². The molecule has 10 unspecified atom stereocenters. The topological polar surface area (TPSA) is 137 Å². The van der Waals surface area contributed by atoms with E-state index in [0.717, 1.165) is 0 Å². The zero-order valence-electron chi connectivity index (χ0n) is 17.9. The number of esters is 1. The van der Waals surface area contributed by atoms with Gasteiger partial charge in [0.05, 0.1) is 18.3 Å². The number of carbonyl (C=O) groups excluding carboxylic acids is 2. The molecule has 4 aliphatic carbocycles. The van der Waals surface area contributed by atoms with Gasteiger partial charge in [0.1, 0.15) is 17.3 Å². The molecule has 1 saturated heterocycles. The van der Waals surface area contributed by atoms with Crippen LogP contribution in [-0.2, 0) is 19.1 Å². The molecule has 1 heterocycles. The summed E-state index contributed by atoms with van der Waals surface area (Å²) in [6.45, 7) is 8.06. The molecule has 0 radical (unpaired) electrons. The Morgan fingerprint density at radius 1 is 1.33 bits per heavy atom. The first kappa shape index (κ1) is 20.6. The largest absolute Gasteiger partial charge is 0.458 e. The predicted molar refractivity (Wildman–Crippen MR) is 102 cm³/mol. The molecule has 0 aromatic heterocycles. The number of aliphatic hydroxyl groups is 4. The quantitative estimate of drug-likeness (QED) is 0.352. The van der Waals surface area contributed by atoms with Gasteiger partial charge in [-0.05, 0) is 24.8 Å². The fraction of sp³-hybridized carbons (Fsp3) is 0.818. The van der Waals surface area contributed by atoms with Gasteiger partial charge < -0.3 is 29.9 Å². The van der Waals surface area contributed by atoms with E-state index in [1.807, 2.05) is 20.8 Å². The van der Waals surface area contributed by atoms with Crippen LogP contribution in [0.2, 0.25) is 0 Å². The number of ether oxygens (including phenoxy) is 2. The Hall–Kier alpha value is -1.32. The number of Topliss-reactive ketones (excluding diaryl/α,β-unsaturated/α-hetero) is 1. The van der Waals surface area contributed by atoms with Crippen LogP contribution in [0.5, 0.6) is 0 Å². The minimum atomic E-state index is -2.29. The third kappa shape index (κ3) is 1.84. The molecule has 10 atom stereocenters. The first-order valence-electron chi connectivity index (χ1n) is 10.6. The summed E-state index contributed by atoms with van der Waals surface area (Å²) in [6.07, 6.45) is -0.556. The summed E-state index contributed by atoms with van der Waals surface area (Å²) in [7, 11) is 0. The number of hydrogen-bond donors (Lipinski definition) is 4. The van der Waals surface area contributed by atoms with Gasteiger partial charge in [0.2, 0.25) is 0 Å². The Balaban J connectivity index is 1.73. The third-order valence-corrected chi connectivity index (χ3v) is 9.24. The van der Waals surface area contributed by atoms with Gasteiger partial charge in [-0.15, -0.1) is 0 Å². The van der Waals surface area contributed by atoms with Gasteiger partial charge in [-0.3, -0.25) is 9.59 Å². The molecule has 0 amide bonds. The molecule has 5 rings (SSSR count). The minimum Gasteiger partial charge on any atom is -0.458 e. The molecule has 1 aliphatic heterocycles. The molecule has 166 valence electrons. The van der Waals surface area contributed by atoms with Crippen molar-refractivity contribution in [1.29, 1.82) is 0 Å². The number of fused-ring (bicyclic) bond motifs is 7. The van der Waals surface area contributed by atoms with Crippen molar-refractivity contribution in [2.24, 2.45) is 29.1 Å². The normalized spacial score (nSPS) is 57.2. The Bertz CT molecular complexity index is 896. The molecular formula is C22H30O8. The highest BCUT2D eigenvalue weighted by Crippen LogP contribution is 2.79. The van der Waals surface area contributed by atoms with Crippen LogP contribution in [0, 0.1) is 29.1 Å². The average molecular weight is 422 g/mol. The third-order valence-electron chi connectivity index (χ3n) is 9.24. The molecule has 30 heavy (non-hydrogen) atoms. The summed E-state index contributed by atoms with van der Waals surface area (Å²) >= 11 is 0. The molecule has 5 aliphatic rings. The Labute approximate surface area is 174 Å². The van der Waals surface area contributed by atoms with Gasteiger partial charge in [0, 0.05) is 30.1 Å². The van der Waals surface area contributed by atoms with E-state index in [4.69, 9.17) is 9.47 Å². The van der Waals surface area contributed by atoms with Gasteiger partial charge in [-0.25, -0.2) is 0 Å². The maximum atomic E-state index is 13.0. The molecule has 8 nitrogen and oxygen atoms in total. The van der Waals surface area contributed by atoms with Crippen molar-refractivity contribution in [2.75, 3.05) is 6.61 Å². The number of aliphatic hydroxyl groups excluding tert-OH is 2. The SMILES string of the molecule is CC(=O)OC12CC(C)C3(O)C(C4OC4(CO)C(O)C4(O)C(=O)C(C)=CC43)C1C2(C)C. The van der Waals surface area contributed by atoms with Crippen LogP contribution in [0.1, 0.15) is 41.0 Å². The Morgan fingerprint density at radius 2 is 1.97 bits per heavy atom. The van der Waals surface area contributed by atoms with Gasteiger partial charge in [-0.1, -0.05) is 26.8 Å². The van der Waals surface area contributed by atoms with E-state index in [0.29, 0.717) is 6.42 Å². The van der Waals surface area contributed by atoms with Crippen LogP contribution in [0.15, 0.2) is 11.6 Å². The Morgan fingerprint density at radius 3 is 2.53 bits per heavy atom. The zero-order valence-corrected chi connectivity index (χ0v) is 17.9. The van der Waals surface area contributed by atoms with Crippen molar-refractivity contribution < 1.29 is 39.5 Å². The van der Waals surface area contributed by atoms with E-state index in [2.05, 4.69) is 0 Å². The summed E-state index contributed by atoms with van der Waals surface area (Å²) in [6, 6.07) is 0. The second-order valence-corrected chi connectivity index (χ2v) is 10.7. The molecule has 4 N–H and O–H groups in total. The van der Waals surface area contributed by atoms with Crippen LogP contribution >= 0.6 is 0 Å². The minimum absolute atomic E-state index is 0.264. The molecule has 0 bridgehead atoms. The van der Waals surface area contributed by atoms with Crippen molar-refractivity contribution in [3.8, 4) is 0 Å². The first-order chi connectivity index (χ1) is 13.8. The van der Waals surface area contributed by atoms with Crippen LogP contribution in [0.3, 0.4) is 0 Å². The van der Waals surface area contributed by atoms with E-state index >= 15 is 0 Å². The highest BCUT2D eigenvalue weighted by molar-refractivity contribution is 6.05. The number of carbonyl (C=O) groups is 2. The van der Waals surface area contributed by atoms with Gasteiger partial charge >= 0.3 is 5.97 Å². The average Bonchev–Trinajstić information content (AvgIpc) is 3.47. The fourth-order valence-corrected chi connectivity index (χ4v) is 7.70. The van der Waals surface area contributed by atoms with Gasteiger partial charge in [0.25, 0.3) is 0 Å². The molecule has 4 fully saturated rings. The number of hydrogen-bond acceptors (Lipinski definition) is 8. The van der Waals surface area contributed by atoms with Crippen molar-refractivity contribution in [3.05, 3.63) is 11.6 Å². The van der Waals surface area contributed by atoms with Crippen LogP contribution in [0.25, 0.3) is 0 Å². The maximum Gasteiger partial charge on any atom is 0.303 e. The van der Waals surface area contributed by atoms with Crippen LogP contribution in [0.4, 0.5) is 0 Å². The van der Waals surface area contributed by atoms with E-state index in [9.17, 15) is 30.0 Å². The molecule has 8 heteroatoms. The molecule has 0 spiro atoms. The monoisotopic (exact) mass is 422 g/mol. The lowest BCUT2D eigenvalue weighted by atomic mass is 9.59. The lowest BCUT2D eigenvalue weighted by Gasteiger charge is -2.51. The van der Waals surface area contributed by atoms with E-state index in [1.165, 1.54) is 6.92 Å². The zero-order chi connectivity index (χ0) is 22.2. The highest BCUT2D eigenvalue weighted by Gasteiger charge is 2.90. The van der Waals surface area contributed by atoms with E-state index < -0.39 is 76.1 Å². The highest BCUT2D eigenvalue weighted by atomic mass is 16.6.